The average molecular weight is 201 g/mol. The minimum atomic E-state index is -0.711. The second-order valence-corrected chi connectivity index (χ2v) is 3.96. The van der Waals surface area contributed by atoms with Gasteiger partial charge in [0.15, 0.2) is 0 Å². The highest BCUT2D eigenvalue weighted by molar-refractivity contribution is 5.67. The van der Waals surface area contributed by atoms with Gasteiger partial charge in [-0.1, -0.05) is 6.92 Å². The van der Waals surface area contributed by atoms with Crippen molar-refractivity contribution in [3.63, 3.8) is 0 Å². The van der Waals surface area contributed by atoms with Crippen LogP contribution in [-0.2, 0) is 9.53 Å². The van der Waals surface area contributed by atoms with Gasteiger partial charge in [-0.2, -0.15) is 0 Å². The van der Waals surface area contributed by atoms with Gasteiger partial charge in [-0.05, 0) is 12.8 Å². The zero-order valence-electron chi connectivity index (χ0n) is 8.90. The number of hydrogen-bond donors (Lipinski definition) is 1. The van der Waals surface area contributed by atoms with E-state index in [2.05, 4.69) is 11.8 Å². The summed E-state index contributed by atoms with van der Waals surface area (Å²) in [5, 5.41) is 8.69. The van der Waals surface area contributed by atoms with E-state index in [1.54, 1.807) is 0 Å². The van der Waals surface area contributed by atoms with Gasteiger partial charge in [0.2, 0.25) is 0 Å². The fourth-order valence-electron chi connectivity index (χ4n) is 1.79. The van der Waals surface area contributed by atoms with E-state index < -0.39 is 5.97 Å². The van der Waals surface area contributed by atoms with E-state index in [0.29, 0.717) is 6.04 Å². The summed E-state index contributed by atoms with van der Waals surface area (Å²) < 4.78 is 5.25. The standard InChI is InChI=1S/C10H19NO3/c1-8(7-10(12)13)9(2)11-3-5-14-6-4-11/h8-9H,3-7H2,1-2H3,(H,12,13). The molecule has 0 spiro atoms. The third kappa shape index (κ3) is 3.27. The summed E-state index contributed by atoms with van der Waals surface area (Å²) in [6.45, 7) is 7.47. The Bertz CT molecular complexity index is 190. The number of aliphatic carboxylic acids is 1. The quantitative estimate of drug-likeness (QED) is 0.731. The highest BCUT2D eigenvalue weighted by atomic mass is 16.5. The Labute approximate surface area is 84.8 Å². The molecule has 2 unspecified atom stereocenters. The lowest BCUT2D eigenvalue weighted by Crippen LogP contribution is -2.45. The summed E-state index contributed by atoms with van der Waals surface area (Å²) in [6.07, 6.45) is 0.249. The molecule has 1 aliphatic rings. The Morgan fingerprint density at radius 2 is 2.00 bits per heavy atom. The first-order valence-electron chi connectivity index (χ1n) is 5.15. The van der Waals surface area contributed by atoms with Crippen LogP contribution < -0.4 is 0 Å². The van der Waals surface area contributed by atoms with E-state index in [4.69, 9.17) is 9.84 Å². The number of carboxylic acid groups (broad SMARTS) is 1. The molecule has 1 fully saturated rings. The number of morpholine rings is 1. The van der Waals surface area contributed by atoms with Crippen molar-refractivity contribution in [1.82, 2.24) is 4.90 Å². The number of carboxylic acids is 1. The van der Waals surface area contributed by atoms with Crippen molar-refractivity contribution in [3.05, 3.63) is 0 Å². The smallest absolute Gasteiger partial charge is 0.303 e. The molecule has 1 heterocycles. The van der Waals surface area contributed by atoms with Crippen LogP contribution in [0, 0.1) is 5.92 Å². The van der Waals surface area contributed by atoms with Crippen molar-refractivity contribution >= 4 is 5.97 Å². The molecule has 14 heavy (non-hydrogen) atoms. The molecular formula is C10H19NO3. The molecule has 0 aliphatic carbocycles. The first-order chi connectivity index (χ1) is 6.61. The fraction of sp³-hybridized carbons (Fsp3) is 0.900. The molecule has 2 atom stereocenters. The summed E-state index contributed by atoms with van der Waals surface area (Å²) in [6, 6.07) is 0.329. The van der Waals surface area contributed by atoms with E-state index in [-0.39, 0.29) is 12.3 Å². The Morgan fingerprint density at radius 1 is 1.43 bits per heavy atom. The first kappa shape index (κ1) is 11.5. The molecule has 1 N–H and O–H groups in total. The van der Waals surface area contributed by atoms with Crippen LogP contribution in [-0.4, -0.2) is 48.3 Å². The Morgan fingerprint density at radius 3 is 2.50 bits per heavy atom. The molecule has 1 aliphatic heterocycles. The number of hydrogen-bond acceptors (Lipinski definition) is 3. The average Bonchev–Trinajstić information content (AvgIpc) is 2.17. The molecule has 0 aromatic carbocycles. The topological polar surface area (TPSA) is 49.8 Å². The molecule has 0 amide bonds. The van der Waals surface area contributed by atoms with Crippen molar-refractivity contribution in [1.29, 1.82) is 0 Å². The lowest BCUT2D eigenvalue weighted by atomic mass is 9.98. The monoisotopic (exact) mass is 201 g/mol. The van der Waals surface area contributed by atoms with E-state index in [1.807, 2.05) is 6.92 Å². The molecule has 0 bridgehead atoms. The summed E-state index contributed by atoms with van der Waals surface area (Å²) in [4.78, 5) is 12.9. The fourth-order valence-corrected chi connectivity index (χ4v) is 1.79. The van der Waals surface area contributed by atoms with Crippen LogP contribution in [0.15, 0.2) is 0 Å². The highest BCUT2D eigenvalue weighted by Gasteiger charge is 2.23. The molecule has 1 saturated heterocycles. The lowest BCUT2D eigenvalue weighted by Gasteiger charge is -2.35. The molecule has 4 nitrogen and oxygen atoms in total. The SMILES string of the molecule is CC(CC(=O)O)C(C)N1CCOCC1. The maximum atomic E-state index is 10.6. The minimum Gasteiger partial charge on any atom is -0.481 e. The maximum Gasteiger partial charge on any atom is 0.303 e. The van der Waals surface area contributed by atoms with Crippen molar-refractivity contribution in [2.45, 2.75) is 26.3 Å². The van der Waals surface area contributed by atoms with Crippen LogP contribution >= 0.6 is 0 Å². The number of rotatable bonds is 4. The lowest BCUT2D eigenvalue weighted by molar-refractivity contribution is -0.138. The predicted molar refractivity (Wildman–Crippen MR) is 53.3 cm³/mol. The maximum absolute atomic E-state index is 10.6. The van der Waals surface area contributed by atoms with Crippen molar-refractivity contribution in [3.8, 4) is 0 Å². The molecule has 0 aromatic rings. The molecule has 0 saturated carbocycles. The highest BCUT2D eigenvalue weighted by Crippen LogP contribution is 2.15. The molecular weight excluding hydrogens is 182 g/mol. The number of ether oxygens (including phenoxy) is 1. The summed E-state index contributed by atoms with van der Waals surface area (Å²) in [5.41, 5.74) is 0. The Kier molecular flexibility index (Phi) is 4.35. The van der Waals surface area contributed by atoms with Crippen molar-refractivity contribution in [2.24, 2.45) is 5.92 Å². The predicted octanol–water partition coefficient (Wildman–Crippen LogP) is 0.818. The summed E-state index contributed by atoms with van der Waals surface area (Å²) >= 11 is 0. The summed E-state index contributed by atoms with van der Waals surface area (Å²) in [7, 11) is 0. The third-order valence-corrected chi connectivity index (χ3v) is 2.94. The van der Waals surface area contributed by atoms with Gasteiger partial charge in [0, 0.05) is 25.6 Å². The summed E-state index contributed by atoms with van der Waals surface area (Å²) in [5.74, 6) is -0.511. The minimum absolute atomic E-state index is 0.200. The van der Waals surface area contributed by atoms with Gasteiger partial charge < -0.3 is 9.84 Å². The Balaban J connectivity index is 2.37. The van der Waals surface area contributed by atoms with Gasteiger partial charge in [0.1, 0.15) is 0 Å². The number of nitrogens with zero attached hydrogens (tertiary/aromatic N) is 1. The second-order valence-electron chi connectivity index (χ2n) is 3.96. The van der Waals surface area contributed by atoms with Gasteiger partial charge in [-0.15, -0.1) is 0 Å². The van der Waals surface area contributed by atoms with Gasteiger partial charge in [0.25, 0.3) is 0 Å². The molecule has 1 rings (SSSR count). The van der Waals surface area contributed by atoms with E-state index >= 15 is 0 Å². The molecule has 82 valence electrons. The van der Waals surface area contributed by atoms with Crippen LogP contribution in [0.3, 0.4) is 0 Å². The van der Waals surface area contributed by atoms with Crippen LogP contribution in [0.1, 0.15) is 20.3 Å². The van der Waals surface area contributed by atoms with Crippen LogP contribution in [0.4, 0.5) is 0 Å². The zero-order valence-corrected chi connectivity index (χ0v) is 8.90. The first-order valence-corrected chi connectivity index (χ1v) is 5.15. The van der Waals surface area contributed by atoms with Crippen LogP contribution in [0.5, 0.6) is 0 Å². The molecule has 0 radical (unpaired) electrons. The van der Waals surface area contributed by atoms with Gasteiger partial charge in [-0.3, -0.25) is 9.69 Å². The van der Waals surface area contributed by atoms with E-state index in [0.717, 1.165) is 26.3 Å². The van der Waals surface area contributed by atoms with Crippen LogP contribution in [0.25, 0.3) is 0 Å². The van der Waals surface area contributed by atoms with Crippen molar-refractivity contribution in [2.75, 3.05) is 26.3 Å². The molecule has 4 heteroatoms. The second kappa shape index (κ2) is 5.32. The normalized spacial score (nSPS) is 23.0. The molecule has 0 aromatic heterocycles. The van der Waals surface area contributed by atoms with E-state index in [9.17, 15) is 4.79 Å². The van der Waals surface area contributed by atoms with E-state index in [1.165, 1.54) is 0 Å². The van der Waals surface area contributed by atoms with Gasteiger partial charge in [0.05, 0.1) is 13.2 Å². The van der Waals surface area contributed by atoms with Crippen molar-refractivity contribution < 1.29 is 14.6 Å². The third-order valence-electron chi connectivity index (χ3n) is 2.94. The van der Waals surface area contributed by atoms with Crippen LogP contribution in [0.2, 0.25) is 0 Å². The number of carbonyl (C=O) groups is 1. The largest absolute Gasteiger partial charge is 0.481 e. The Hall–Kier alpha value is -0.610. The van der Waals surface area contributed by atoms with Gasteiger partial charge in [-0.25, -0.2) is 0 Å². The zero-order chi connectivity index (χ0) is 10.6. The van der Waals surface area contributed by atoms with Gasteiger partial charge >= 0.3 is 5.97 Å².